The minimum Gasteiger partial charge on any atom is -0.461 e. The van der Waals surface area contributed by atoms with Crippen molar-refractivity contribution in [1.29, 1.82) is 0 Å². The molecule has 0 bridgehead atoms. The van der Waals surface area contributed by atoms with Crippen molar-refractivity contribution in [3.63, 3.8) is 0 Å². The Morgan fingerprint density at radius 2 is 1.83 bits per heavy atom. The smallest absolute Gasteiger partial charge is 0.356 e. The number of hydrogen-bond donors (Lipinski definition) is 1. The average Bonchev–Trinajstić information content (AvgIpc) is 3.13. The Morgan fingerprint density at radius 3 is 2.54 bits per heavy atom. The quantitative estimate of drug-likeness (QED) is 0.312. The number of aromatic nitrogens is 2. The van der Waals surface area contributed by atoms with Crippen molar-refractivity contribution in [1.82, 2.24) is 9.55 Å². The van der Waals surface area contributed by atoms with Crippen LogP contribution in [0.2, 0.25) is 0 Å². The van der Waals surface area contributed by atoms with E-state index in [1.54, 1.807) is 6.92 Å². The number of ether oxygens (including phenoxy) is 1. The van der Waals surface area contributed by atoms with Gasteiger partial charge in [0.25, 0.3) is 5.56 Å². The predicted molar refractivity (Wildman–Crippen MR) is 142 cm³/mol. The third kappa shape index (κ3) is 4.16. The summed E-state index contributed by atoms with van der Waals surface area (Å²) < 4.78 is 8.18. The Hall–Kier alpha value is -3.38. The standard InChI is InChI=1S/C29H27BrN2O3/c1-4-35-29(34)27-24(30)22-13-12-21-15-23(20-8-6-5-7-9-20)28(33)31-25(21)26(22)32(27)16-19-11-10-17(2)18(3)14-19/h5-11,14-15H,4,12-13,16H2,1-3H3,(H,31,33). The number of pyridine rings is 1. The number of hydrogen-bond acceptors (Lipinski definition) is 3. The number of rotatable bonds is 5. The molecule has 0 spiro atoms. The van der Waals surface area contributed by atoms with Crippen LogP contribution in [0, 0.1) is 13.8 Å². The number of H-pyrrole nitrogens is 1. The second-order valence-electron chi connectivity index (χ2n) is 8.99. The fourth-order valence-corrected chi connectivity index (χ4v) is 5.63. The van der Waals surface area contributed by atoms with E-state index < -0.39 is 0 Å². The van der Waals surface area contributed by atoms with E-state index >= 15 is 0 Å². The van der Waals surface area contributed by atoms with Crippen molar-refractivity contribution in [2.24, 2.45) is 0 Å². The van der Waals surface area contributed by atoms with Crippen molar-refractivity contribution < 1.29 is 9.53 Å². The highest BCUT2D eigenvalue weighted by Gasteiger charge is 2.32. The fourth-order valence-electron chi connectivity index (χ4n) is 4.87. The lowest BCUT2D eigenvalue weighted by molar-refractivity contribution is 0.0513. The van der Waals surface area contributed by atoms with Crippen LogP contribution in [-0.4, -0.2) is 22.1 Å². The number of fused-ring (bicyclic) bond motifs is 3. The first-order valence-corrected chi connectivity index (χ1v) is 12.6. The molecule has 0 saturated heterocycles. The number of aryl methyl sites for hydroxylation is 3. The summed E-state index contributed by atoms with van der Waals surface area (Å²) in [7, 11) is 0. The number of nitrogens with one attached hydrogen (secondary N) is 1. The largest absolute Gasteiger partial charge is 0.461 e. The van der Waals surface area contributed by atoms with Gasteiger partial charge in [-0.3, -0.25) is 4.79 Å². The molecule has 0 amide bonds. The van der Waals surface area contributed by atoms with Crippen molar-refractivity contribution >= 4 is 21.9 Å². The van der Waals surface area contributed by atoms with Crippen LogP contribution in [-0.2, 0) is 24.1 Å². The summed E-state index contributed by atoms with van der Waals surface area (Å²) in [5.74, 6) is -0.373. The highest BCUT2D eigenvalue weighted by atomic mass is 79.9. The molecule has 0 unspecified atom stereocenters. The molecular formula is C29H27BrN2O3. The Bertz CT molecular complexity index is 1500. The van der Waals surface area contributed by atoms with E-state index in [9.17, 15) is 9.59 Å². The molecule has 6 heteroatoms. The van der Waals surface area contributed by atoms with E-state index in [2.05, 4.69) is 53.0 Å². The summed E-state index contributed by atoms with van der Waals surface area (Å²) in [6.45, 7) is 6.76. The van der Waals surface area contributed by atoms with Gasteiger partial charge in [-0.15, -0.1) is 0 Å². The van der Waals surface area contributed by atoms with Crippen LogP contribution in [0.3, 0.4) is 0 Å². The van der Waals surface area contributed by atoms with Gasteiger partial charge in [-0.2, -0.15) is 0 Å². The Labute approximate surface area is 212 Å². The summed E-state index contributed by atoms with van der Waals surface area (Å²) >= 11 is 3.71. The first-order valence-electron chi connectivity index (χ1n) is 11.8. The first kappa shape index (κ1) is 23.4. The van der Waals surface area contributed by atoms with Gasteiger partial charge in [0.2, 0.25) is 0 Å². The molecule has 0 radical (unpaired) electrons. The van der Waals surface area contributed by atoms with Crippen LogP contribution in [0.1, 0.15) is 45.2 Å². The number of carbonyl (C=O) groups is 1. The minimum absolute atomic E-state index is 0.143. The second-order valence-corrected chi connectivity index (χ2v) is 9.79. The van der Waals surface area contributed by atoms with Crippen LogP contribution in [0.25, 0.3) is 22.5 Å². The number of benzene rings is 2. The van der Waals surface area contributed by atoms with Crippen molar-refractivity contribution in [3.05, 3.63) is 103 Å². The monoisotopic (exact) mass is 530 g/mol. The molecule has 0 atom stereocenters. The highest BCUT2D eigenvalue weighted by Crippen LogP contribution is 2.41. The maximum absolute atomic E-state index is 13.2. The molecule has 2 heterocycles. The van der Waals surface area contributed by atoms with Gasteiger partial charge in [0.1, 0.15) is 5.69 Å². The lowest BCUT2D eigenvalue weighted by Crippen LogP contribution is -2.19. The number of esters is 1. The summed E-state index contributed by atoms with van der Waals surface area (Å²) in [4.78, 5) is 29.5. The summed E-state index contributed by atoms with van der Waals surface area (Å²) in [6, 6.07) is 18.0. The zero-order valence-electron chi connectivity index (χ0n) is 20.1. The third-order valence-corrected chi connectivity index (χ3v) is 7.62. The number of nitrogens with zero attached hydrogens (tertiary/aromatic N) is 1. The molecule has 4 aromatic rings. The first-order chi connectivity index (χ1) is 16.9. The van der Waals surface area contributed by atoms with Gasteiger partial charge in [0.15, 0.2) is 0 Å². The summed E-state index contributed by atoms with van der Waals surface area (Å²) in [5, 5.41) is 0. The maximum Gasteiger partial charge on any atom is 0.356 e. The predicted octanol–water partition coefficient (Wildman–Crippen LogP) is 6.21. The molecular weight excluding hydrogens is 504 g/mol. The zero-order chi connectivity index (χ0) is 24.7. The lowest BCUT2D eigenvalue weighted by Gasteiger charge is -2.21. The molecule has 5 rings (SSSR count). The van der Waals surface area contributed by atoms with E-state index in [0.29, 0.717) is 24.4 Å². The topological polar surface area (TPSA) is 64.1 Å². The van der Waals surface area contributed by atoms with Gasteiger partial charge in [-0.25, -0.2) is 4.79 Å². The van der Waals surface area contributed by atoms with E-state index in [0.717, 1.165) is 51.0 Å². The number of carbonyl (C=O) groups excluding carboxylic acids is 1. The van der Waals surface area contributed by atoms with Crippen LogP contribution in [0.15, 0.2) is 63.9 Å². The van der Waals surface area contributed by atoms with Crippen molar-refractivity contribution in [2.45, 2.75) is 40.2 Å². The maximum atomic E-state index is 13.2. The van der Waals surface area contributed by atoms with Crippen molar-refractivity contribution in [3.8, 4) is 22.5 Å². The minimum atomic E-state index is -0.373. The number of halogens is 1. The van der Waals surface area contributed by atoms with Crippen LogP contribution in [0.5, 0.6) is 0 Å². The van der Waals surface area contributed by atoms with E-state index in [1.807, 2.05) is 41.0 Å². The van der Waals surface area contributed by atoms with Gasteiger partial charge in [-0.05, 0) is 89.0 Å². The van der Waals surface area contributed by atoms with Crippen LogP contribution >= 0.6 is 15.9 Å². The molecule has 178 valence electrons. The molecule has 1 aliphatic rings. The molecule has 2 aromatic carbocycles. The molecule has 0 aliphatic heterocycles. The van der Waals surface area contributed by atoms with Crippen LogP contribution in [0.4, 0.5) is 0 Å². The lowest BCUT2D eigenvalue weighted by atomic mass is 9.92. The average molecular weight is 531 g/mol. The Kier molecular flexibility index (Phi) is 6.24. The van der Waals surface area contributed by atoms with E-state index in [4.69, 9.17) is 4.74 Å². The van der Waals surface area contributed by atoms with Crippen molar-refractivity contribution in [2.75, 3.05) is 6.61 Å². The van der Waals surface area contributed by atoms with Gasteiger partial charge in [-0.1, -0.05) is 48.5 Å². The van der Waals surface area contributed by atoms with Gasteiger partial charge in [0.05, 0.1) is 22.5 Å². The Balaban J connectivity index is 1.71. The van der Waals surface area contributed by atoms with Crippen LogP contribution < -0.4 is 5.56 Å². The molecule has 1 aliphatic carbocycles. The zero-order valence-corrected chi connectivity index (χ0v) is 21.7. The molecule has 5 nitrogen and oxygen atoms in total. The molecule has 1 N–H and O–H groups in total. The molecule has 2 aromatic heterocycles. The molecule has 35 heavy (non-hydrogen) atoms. The van der Waals surface area contributed by atoms with Gasteiger partial charge < -0.3 is 14.3 Å². The number of aromatic amines is 1. The Morgan fingerprint density at radius 1 is 1.06 bits per heavy atom. The highest BCUT2D eigenvalue weighted by molar-refractivity contribution is 9.10. The normalized spacial score (nSPS) is 12.2. The summed E-state index contributed by atoms with van der Waals surface area (Å²) in [5.41, 5.74) is 9.12. The van der Waals surface area contributed by atoms with Gasteiger partial charge in [0, 0.05) is 12.1 Å². The molecule has 0 saturated carbocycles. The second kappa shape index (κ2) is 9.34. The van der Waals surface area contributed by atoms with E-state index in [-0.39, 0.29) is 11.5 Å². The molecule has 0 fully saturated rings. The van der Waals surface area contributed by atoms with Gasteiger partial charge >= 0.3 is 5.97 Å². The SMILES string of the molecule is CCOC(=O)c1c(Br)c2c(n1Cc1ccc(C)c(C)c1)-c1[nH]c(=O)c(-c3ccccc3)cc1CC2. The van der Waals surface area contributed by atoms with E-state index in [1.165, 1.54) is 11.1 Å². The summed E-state index contributed by atoms with van der Waals surface area (Å²) in [6.07, 6.45) is 1.53. The third-order valence-electron chi connectivity index (χ3n) is 6.77. The fraction of sp³-hybridized carbons (Fsp3) is 0.241.